The van der Waals surface area contributed by atoms with Gasteiger partial charge in [-0.15, -0.1) is 0 Å². The van der Waals surface area contributed by atoms with Gasteiger partial charge in [-0.3, -0.25) is 4.79 Å². The summed E-state index contributed by atoms with van der Waals surface area (Å²) >= 11 is 5.61. The smallest absolute Gasteiger partial charge is 0.335 e. The minimum absolute atomic E-state index is 0.117. The van der Waals surface area contributed by atoms with Crippen molar-refractivity contribution < 1.29 is 19.1 Å². The second-order valence-corrected chi connectivity index (χ2v) is 4.69. The largest absolute Gasteiger partial charge is 0.478 e. The molecule has 2 rings (SSSR count). The molecule has 0 spiro atoms. The number of carbonyl (C=O) groups is 2. The first kappa shape index (κ1) is 15.0. The third-order valence-electron chi connectivity index (χ3n) is 2.85. The summed E-state index contributed by atoms with van der Waals surface area (Å²) in [7, 11) is 0. The zero-order valence-electron chi connectivity index (χ0n) is 10.8. The first-order valence-electron chi connectivity index (χ1n) is 6.03. The van der Waals surface area contributed by atoms with E-state index in [0.717, 1.165) is 0 Å². The number of halogens is 2. The maximum absolute atomic E-state index is 13.7. The number of amides is 1. The van der Waals surface area contributed by atoms with Gasteiger partial charge in [0.2, 0.25) is 0 Å². The monoisotopic (exact) mass is 307 g/mol. The molecule has 1 amide bonds. The quantitative estimate of drug-likeness (QED) is 0.912. The van der Waals surface area contributed by atoms with E-state index in [1.54, 1.807) is 12.1 Å². The number of benzene rings is 2. The van der Waals surface area contributed by atoms with Crippen LogP contribution in [0.4, 0.5) is 4.39 Å². The predicted octanol–water partition coefficient (Wildman–Crippen LogP) is 3.11. The molecule has 6 heteroatoms. The number of aromatic carboxylic acids is 1. The van der Waals surface area contributed by atoms with Gasteiger partial charge in [0.1, 0.15) is 0 Å². The van der Waals surface area contributed by atoms with Crippen LogP contribution in [0.25, 0.3) is 0 Å². The van der Waals surface area contributed by atoms with E-state index in [1.807, 2.05) is 0 Å². The van der Waals surface area contributed by atoms with Crippen molar-refractivity contribution in [1.29, 1.82) is 0 Å². The van der Waals surface area contributed by atoms with Crippen LogP contribution in [-0.4, -0.2) is 17.0 Å². The fraction of sp³-hybridized carbons (Fsp3) is 0.0667. The molecule has 2 aromatic rings. The molecule has 2 N–H and O–H groups in total. The molecule has 0 aliphatic rings. The van der Waals surface area contributed by atoms with Crippen molar-refractivity contribution >= 4 is 23.5 Å². The van der Waals surface area contributed by atoms with Crippen LogP contribution in [0.1, 0.15) is 26.3 Å². The summed E-state index contributed by atoms with van der Waals surface area (Å²) < 4.78 is 13.7. The van der Waals surface area contributed by atoms with Crippen LogP contribution in [0.2, 0.25) is 5.02 Å². The van der Waals surface area contributed by atoms with Crippen LogP contribution >= 0.6 is 11.6 Å². The molecule has 0 radical (unpaired) electrons. The van der Waals surface area contributed by atoms with Crippen LogP contribution in [0.15, 0.2) is 42.5 Å². The molecule has 0 aliphatic carbocycles. The standard InChI is InChI=1S/C15H11ClFNO3/c16-12-3-1-2-11(13(12)17)14(19)18-8-9-4-6-10(7-5-9)15(20)21/h1-7H,8H2,(H,18,19)(H,20,21). The molecule has 0 bridgehead atoms. The van der Waals surface area contributed by atoms with E-state index >= 15 is 0 Å². The highest BCUT2D eigenvalue weighted by atomic mass is 35.5. The lowest BCUT2D eigenvalue weighted by atomic mass is 10.1. The summed E-state index contributed by atoms with van der Waals surface area (Å²) in [5.74, 6) is -2.37. The van der Waals surface area contributed by atoms with Crippen molar-refractivity contribution in [2.24, 2.45) is 0 Å². The summed E-state index contributed by atoms with van der Waals surface area (Å²) in [5, 5.41) is 11.2. The van der Waals surface area contributed by atoms with E-state index in [2.05, 4.69) is 5.32 Å². The number of nitrogens with one attached hydrogen (secondary N) is 1. The van der Waals surface area contributed by atoms with Gasteiger partial charge in [-0.2, -0.15) is 0 Å². The highest BCUT2D eigenvalue weighted by molar-refractivity contribution is 6.31. The fourth-order valence-electron chi connectivity index (χ4n) is 1.72. The van der Waals surface area contributed by atoms with Crippen LogP contribution in [0.3, 0.4) is 0 Å². The topological polar surface area (TPSA) is 66.4 Å². The molecule has 0 atom stereocenters. The fourth-order valence-corrected chi connectivity index (χ4v) is 1.90. The summed E-state index contributed by atoms with van der Waals surface area (Å²) in [6, 6.07) is 10.2. The summed E-state index contributed by atoms with van der Waals surface area (Å²) in [6.45, 7) is 0.157. The van der Waals surface area contributed by atoms with Gasteiger partial charge in [0.25, 0.3) is 5.91 Å². The van der Waals surface area contributed by atoms with Gasteiger partial charge in [0.05, 0.1) is 16.1 Å². The number of hydrogen-bond donors (Lipinski definition) is 2. The van der Waals surface area contributed by atoms with Crippen LogP contribution < -0.4 is 5.32 Å². The zero-order valence-corrected chi connectivity index (χ0v) is 11.5. The zero-order chi connectivity index (χ0) is 15.4. The summed E-state index contributed by atoms with van der Waals surface area (Å²) in [6.07, 6.45) is 0. The Hall–Kier alpha value is -2.40. The number of carboxylic acid groups (broad SMARTS) is 1. The molecular formula is C15H11ClFNO3. The maximum Gasteiger partial charge on any atom is 0.335 e. The van der Waals surface area contributed by atoms with Gasteiger partial charge in [0.15, 0.2) is 5.82 Å². The van der Waals surface area contributed by atoms with E-state index < -0.39 is 17.7 Å². The molecule has 0 heterocycles. The van der Waals surface area contributed by atoms with Crippen LogP contribution in [0.5, 0.6) is 0 Å². The predicted molar refractivity (Wildman–Crippen MR) is 76.0 cm³/mol. The lowest BCUT2D eigenvalue weighted by molar-refractivity contribution is 0.0696. The Morgan fingerprint density at radius 1 is 1.14 bits per heavy atom. The van der Waals surface area contributed by atoms with Crippen molar-refractivity contribution in [1.82, 2.24) is 5.32 Å². The lowest BCUT2D eigenvalue weighted by Gasteiger charge is -2.07. The molecule has 0 saturated carbocycles. The first-order valence-corrected chi connectivity index (χ1v) is 6.41. The maximum atomic E-state index is 13.7. The Kier molecular flexibility index (Phi) is 4.55. The van der Waals surface area contributed by atoms with Crippen LogP contribution in [0, 0.1) is 5.82 Å². The van der Waals surface area contributed by atoms with E-state index in [9.17, 15) is 14.0 Å². The average molecular weight is 308 g/mol. The Bertz CT molecular complexity index is 686. The molecule has 0 unspecified atom stereocenters. The number of carboxylic acids is 1. The molecule has 0 aromatic heterocycles. The van der Waals surface area contributed by atoms with Crippen molar-refractivity contribution in [3.8, 4) is 0 Å². The molecule has 108 valence electrons. The lowest BCUT2D eigenvalue weighted by Crippen LogP contribution is -2.23. The number of rotatable bonds is 4. The summed E-state index contributed by atoms with van der Waals surface area (Å²) in [4.78, 5) is 22.6. The van der Waals surface area contributed by atoms with Gasteiger partial charge in [-0.25, -0.2) is 9.18 Å². The molecule has 4 nitrogen and oxygen atoms in total. The third kappa shape index (κ3) is 3.58. The van der Waals surface area contributed by atoms with Crippen molar-refractivity contribution in [3.63, 3.8) is 0 Å². The van der Waals surface area contributed by atoms with Crippen molar-refractivity contribution in [2.75, 3.05) is 0 Å². The second-order valence-electron chi connectivity index (χ2n) is 4.29. The third-order valence-corrected chi connectivity index (χ3v) is 3.14. The molecular weight excluding hydrogens is 297 g/mol. The van der Waals surface area contributed by atoms with E-state index in [0.29, 0.717) is 5.56 Å². The Morgan fingerprint density at radius 2 is 1.81 bits per heavy atom. The Balaban J connectivity index is 2.04. The van der Waals surface area contributed by atoms with Gasteiger partial charge in [-0.1, -0.05) is 29.8 Å². The molecule has 0 aliphatic heterocycles. The number of carbonyl (C=O) groups excluding carboxylic acids is 1. The minimum Gasteiger partial charge on any atom is -0.478 e. The van der Waals surface area contributed by atoms with E-state index in [4.69, 9.17) is 16.7 Å². The van der Waals surface area contributed by atoms with Gasteiger partial charge in [-0.05, 0) is 29.8 Å². The highest BCUT2D eigenvalue weighted by Crippen LogP contribution is 2.17. The van der Waals surface area contributed by atoms with Gasteiger partial charge < -0.3 is 10.4 Å². The van der Waals surface area contributed by atoms with Crippen LogP contribution in [-0.2, 0) is 6.54 Å². The normalized spacial score (nSPS) is 10.2. The highest BCUT2D eigenvalue weighted by Gasteiger charge is 2.13. The molecule has 21 heavy (non-hydrogen) atoms. The van der Waals surface area contributed by atoms with Crippen molar-refractivity contribution in [2.45, 2.75) is 6.54 Å². The second kappa shape index (κ2) is 6.37. The Morgan fingerprint density at radius 3 is 2.43 bits per heavy atom. The first-order chi connectivity index (χ1) is 9.99. The molecule has 0 saturated heterocycles. The van der Waals surface area contributed by atoms with Gasteiger partial charge >= 0.3 is 5.97 Å². The SMILES string of the molecule is O=C(O)c1ccc(CNC(=O)c2cccc(Cl)c2F)cc1. The van der Waals surface area contributed by atoms with Crippen molar-refractivity contribution in [3.05, 3.63) is 70.0 Å². The molecule has 2 aromatic carbocycles. The molecule has 0 fully saturated rings. The van der Waals surface area contributed by atoms with Gasteiger partial charge in [0, 0.05) is 6.54 Å². The summed E-state index contributed by atoms with van der Waals surface area (Å²) in [5.41, 5.74) is 0.728. The van der Waals surface area contributed by atoms with E-state index in [-0.39, 0.29) is 22.7 Å². The Labute approximate surface area is 125 Å². The average Bonchev–Trinajstić information content (AvgIpc) is 2.48. The number of hydrogen-bond acceptors (Lipinski definition) is 2. The minimum atomic E-state index is -1.02. The van der Waals surface area contributed by atoms with E-state index in [1.165, 1.54) is 30.3 Å².